The summed E-state index contributed by atoms with van der Waals surface area (Å²) in [5.41, 5.74) is -0.388. The van der Waals surface area contributed by atoms with Gasteiger partial charge in [-0.2, -0.15) is 0 Å². The molecule has 0 aromatic rings. The first-order valence-electron chi connectivity index (χ1n) is 4.88. The molecule has 2 fully saturated rings. The largest absolute Gasteiger partial charge is 0.481 e. The molecular weight excluding hydrogens is 152 g/mol. The molecule has 2 aliphatic rings. The van der Waals surface area contributed by atoms with Crippen molar-refractivity contribution in [2.45, 2.75) is 39.0 Å². The van der Waals surface area contributed by atoms with Gasteiger partial charge in [0.1, 0.15) is 0 Å². The molecule has 2 saturated carbocycles. The highest BCUT2D eigenvalue weighted by atomic mass is 16.4. The molecule has 0 aromatic heterocycles. The first-order chi connectivity index (χ1) is 5.64. The maximum Gasteiger partial charge on any atom is 0.309 e. The quantitative estimate of drug-likeness (QED) is 0.652. The van der Waals surface area contributed by atoms with Gasteiger partial charge in [-0.1, -0.05) is 12.8 Å². The van der Waals surface area contributed by atoms with E-state index in [0.717, 1.165) is 25.2 Å². The van der Waals surface area contributed by atoms with E-state index in [9.17, 15) is 4.79 Å². The van der Waals surface area contributed by atoms with Crippen molar-refractivity contribution in [3.8, 4) is 0 Å². The average Bonchev–Trinajstić information content (AvgIpc) is 2.54. The molecule has 68 valence electrons. The van der Waals surface area contributed by atoms with Crippen LogP contribution in [-0.4, -0.2) is 11.1 Å². The van der Waals surface area contributed by atoms with Crippen molar-refractivity contribution in [2.75, 3.05) is 0 Å². The fourth-order valence-corrected chi connectivity index (χ4v) is 3.16. The van der Waals surface area contributed by atoms with Crippen LogP contribution in [0.4, 0.5) is 0 Å². The van der Waals surface area contributed by atoms with Gasteiger partial charge in [-0.15, -0.1) is 0 Å². The minimum atomic E-state index is -0.572. The second-order valence-electron chi connectivity index (χ2n) is 4.56. The molecule has 0 aliphatic heterocycles. The van der Waals surface area contributed by atoms with Gasteiger partial charge in [-0.05, 0) is 38.0 Å². The third-order valence-corrected chi connectivity index (χ3v) is 4.00. The molecule has 0 amide bonds. The maximum atomic E-state index is 11.1. The maximum absolute atomic E-state index is 11.1. The van der Waals surface area contributed by atoms with Gasteiger partial charge in [-0.3, -0.25) is 4.79 Å². The topological polar surface area (TPSA) is 37.3 Å². The molecule has 0 bridgehead atoms. The lowest BCUT2D eigenvalue weighted by Gasteiger charge is -2.25. The summed E-state index contributed by atoms with van der Waals surface area (Å²) in [5, 5.41) is 9.12. The number of aliphatic carboxylic acids is 1. The van der Waals surface area contributed by atoms with Crippen molar-refractivity contribution < 1.29 is 9.90 Å². The zero-order valence-corrected chi connectivity index (χ0v) is 7.55. The van der Waals surface area contributed by atoms with Crippen LogP contribution in [0.1, 0.15) is 39.0 Å². The van der Waals surface area contributed by atoms with Crippen molar-refractivity contribution in [2.24, 2.45) is 17.3 Å². The SMILES string of the molecule is C[C@@]1(C(=O)O)CC[C@H]2CCC[C@H]21. The molecule has 0 unspecified atom stereocenters. The molecule has 2 nitrogen and oxygen atoms in total. The summed E-state index contributed by atoms with van der Waals surface area (Å²) in [7, 11) is 0. The molecular formula is C10H16O2. The molecule has 2 aliphatic carbocycles. The highest BCUT2D eigenvalue weighted by molar-refractivity contribution is 5.75. The summed E-state index contributed by atoms with van der Waals surface area (Å²) in [6.45, 7) is 1.94. The number of hydrogen-bond donors (Lipinski definition) is 1. The fraction of sp³-hybridized carbons (Fsp3) is 0.900. The molecule has 2 heteroatoms. The van der Waals surface area contributed by atoms with Crippen LogP contribution in [0.25, 0.3) is 0 Å². The summed E-state index contributed by atoms with van der Waals surface area (Å²) < 4.78 is 0. The number of carboxylic acids is 1. The molecule has 12 heavy (non-hydrogen) atoms. The third kappa shape index (κ3) is 0.900. The minimum absolute atomic E-state index is 0.388. The van der Waals surface area contributed by atoms with E-state index in [0.29, 0.717) is 5.92 Å². The molecule has 0 spiro atoms. The zero-order valence-electron chi connectivity index (χ0n) is 7.55. The van der Waals surface area contributed by atoms with Gasteiger partial charge in [0, 0.05) is 0 Å². The van der Waals surface area contributed by atoms with Gasteiger partial charge in [-0.25, -0.2) is 0 Å². The van der Waals surface area contributed by atoms with Gasteiger partial charge < -0.3 is 5.11 Å². The Morgan fingerprint density at radius 3 is 2.83 bits per heavy atom. The second-order valence-corrected chi connectivity index (χ2v) is 4.56. The van der Waals surface area contributed by atoms with E-state index in [-0.39, 0.29) is 5.41 Å². The second kappa shape index (κ2) is 2.48. The number of carbonyl (C=O) groups is 1. The lowest BCUT2D eigenvalue weighted by molar-refractivity contribution is -0.150. The Kier molecular flexibility index (Phi) is 1.67. The van der Waals surface area contributed by atoms with Gasteiger partial charge in [0.15, 0.2) is 0 Å². The Labute approximate surface area is 73.0 Å². The monoisotopic (exact) mass is 168 g/mol. The molecule has 0 aromatic carbocycles. The summed E-state index contributed by atoms with van der Waals surface area (Å²) in [5.74, 6) is 0.637. The van der Waals surface area contributed by atoms with Gasteiger partial charge >= 0.3 is 5.97 Å². The summed E-state index contributed by atoms with van der Waals surface area (Å²) in [6, 6.07) is 0. The van der Waals surface area contributed by atoms with Crippen LogP contribution >= 0.6 is 0 Å². The Bertz CT molecular complexity index is 212. The van der Waals surface area contributed by atoms with Crippen LogP contribution in [0.15, 0.2) is 0 Å². The lowest BCUT2D eigenvalue weighted by Crippen LogP contribution is -2.31. The van der Waals surface area contributed by atoms with Gasteiger partial charge in [0.05, 0.1) is 5.41 Å². The zero-order chi connectivity index (χ0) is 8.77. The summed E-state index contributed by atoms with van der Waals surface area (Å²) in [4.78, 5) is 11.1. The molecule has 0 radical (unpaired) electrons. The van der Waals surface area contributed by atoms with E-state index < -0.39 is 5.97 Å². The van der Waals surface area contributed by atoms with E-state index in [1.807, 2.05) is 6.92 Å². The molecule has 3 atom stereocenters. The van der Waals surface area contributed by atoms with Crippen molar-refractivity contribution >= 4 is 5.97 Å². The van der Waals surface area contributed by atoms with E-state index in [1.165, 1.54) is 12.8 Å². The first kappa shape index (κ1) is 8.09. The molecule has 0 saturated heterocycles. The first-order valence-corrected chi connectivity index (χ1v) is 4.88. The van der Waals surface area contributed by atoms with Gasteiger partial charge in [0.25, 0.3) is 0 Å². The van der Waals surface area contributed by atoms with Crippen molar-refractivity contribution in [3.05, 3.63) is 0 Å². The van der Waals surface area contributed by atoms with E-state index in [1.54, 1.807) is 0 Å². The number of rotatable bonds is 1. The fourth-order valence-electron chi connectivity index (χ4n) is 3.16. The number of hydrogen-bond acceptors (Lipinski definition) is 1. The minimum Gasteiger partial charge on any atom is -0.481 e. The van der Waals surface area contributed by atoms with Gasteiger partial charge in [0.2, 0.25) is 0 Å². The standard InChI is InChI=1S/C10H16O2/c1-10(9(11)12)6-5-7-3-2-4-8(7)10/h7-8H,2-6H2,1H3,(H,11,12)/t7-,8-,10-/m1/s1. The average molecular weight is 168 g/mol. The van der Waals surface area contributed by atoms with Crippen LogP contribution in [-0.2, 0) is 4.79 Å². The predicted molar refractivity (Wildman–Crippen MR) is 45.8 cm³/mol. The Morgan fingerprint density at radius 1 is 1.42 bits per heavy atom. The molecule has 2 rings (SSSR count). The van der Waals surface area contributed by atoms with Crippen LogP contribution < -0.4 is 0 Å². The molecule has 0 heterocycles. The lowest BCUT2D eigenvalue weighted by atomic mass is 9.78. The van der Waals surface area contributed by atoms with Crippen LogP contribution in [0.2, 0.25) is 0 Å². The van der Waals surface area contributed by atoms with E-state index >= 15 is 0 Å². The number of carboxylic acid groups (broad SMARTS) is 1. The Morgan fingerprint density at radius 2 is 2.17 bits per heavy atom. The highest BCUT2D eigenvalue weighted by Gasteiger charge is 2.51. The van der Waals surface area contributed by atoms with Crippen LogP contribution in [0.5, 0.6) is 0 Å². The summed E-state index contributed by atoms with van der Waals surface area (Å²) in [6.07, 6.45) is 5.71. The Hall–Kier alpha value is -0.530. The van der Waals surface area contributed by atoms with Crippen molar-refractivity contribution in [1.29, 1.82) is 0 Å². The predicted octanol–water partition coefficient (Wildman–Crippen LogP) is 2.29. The van der Waals surface area contributed by atoms with E-state index in [2.05, 4.69) is 0 Å². The van der Waals surface area contributed by atoms with Crippen LogP contribution in [0.3, 0.4) is 0 Å². The van der Waals surface area contributed by atoms with Crippen molar-refractivity contribution in [1.82, 2.24) is 0 Å². The highest BCUT2D eigenvalue weighted by Crippen LogP contribution is 2.54. The Balaban J connectivity index is 2.22. The molecule has 1 N–H and O–H groups in total. The summed E-state index contributed by atoms with van der Waals surface area (Å²) >= 11 is 0. The van der Waals surface area contributed by atoms with Crippen molar-refractivity contribution in [3.63, 3.8) is 0 Å². The van der Waals surface area contributed by atoms with Crippen LogP contribution in [0, 0.1) is 17.3 Å². The smallest absolute Gasteiger partial charge is 0.309 e. The number of fused-ring (bicyclic) bond motifs is 1. The van der Waals surface area contributed by atoms with E-state index in [4.69, 9.17) is 5.11 Å². The normalized spacial score (nSPS) is 46.1. The third-order valence-electron chi connectivity index (χ3n) is 4.00.